The Bertz CT molecular complexity index is 486. The third-order valence-electron chi connectivity index (χ3n) is 3.38. The molecule has 1 aromatic rings. The highest BCUT2D eigenvalue weighted by atomic mass is 35.5. The summed E-state index contributed by atoms with van der Waals surface area (Å²) in [6.45, 7) is 4.97. The Hall–Kier alpha value is -1.07. The fourth-order valence-corrected chi connectivity index (χ4v) is 3.36. The van der Waals surface area contributed by atoms with Gasteiger partial charge in [0.05, 0.1) is 10.8 Å². The molecule has 1 saturated heterocycles. The molecular weight excluding hydrogens is 286 g/mol. The second-order valence-electron chi connectivity index (χ2n) is 4.65. The van der Waals surface area contributed by atoms with Gasteiger partial charge in [-0.05, 0) is 31.4 Å². The summed E-state index contributed by atoms with van der Waals surface area (Å²) in [6, 6.07) is 1.92. The SMILES string of the molecule is CCc1sc(C(=O)N2CCC(C(=O)O)C2)cc1C.Cl. The normalized spacial score (nSPS) is 18.2. The molecule has 1 aliphatic rings. The number of rotatable bonds is 3. The lowest BCUT2D eigenvalue weighted by Gasteiger charge is -2.14. The second kappa shape index (κ2) is 6.39. The van der Waals surface area contributed by atoms with Crippen LogP contribution in [0.25, 0.3) is 0 Å². The van der Waals surface area contributed by atoms with Gasteiger partial charge in [0.15, 0.2) is 0 Å². The molecule has 1 N–H and O–H groups in total. The Kier molecular flexibility index (Phi) is 5.38. The first-order valence-corrected chi connectivity index (χ1v) is 6.96. The number of hydrogen-bond donors (Lipinski definition) is 1. The fraction of sp³-hybridized carbons (Fsp3) is 0.538. The number of thiophene rings is 1. The molecule has 0 aliphatic carbocycles. The van der Waals surface area contributed by atoms with E-state index in [9.17, 15) is 9.59 Å². The average Bonchev–Trinajstić information content (AvgIpc) is 2.94. The lowest BCUT2D eigenvalue weighted by molar-refractivity contribution is -0.141. The molecule has 1 atom stereocenters. The maximum Gasteiger partial charge on any atom is 0.308 e. The number of likely N-dealkylation sites (tertiary alicyclic amines) is 1. The van der Waals surface area contributed by atoms with Crippen LogP contribution in [-0.4, -0.2) is 35.0 Å². The Morgan fingerprint density at radius 2 is 2.21 bits per heavy atom. The van der Waals surface area contributed by atoms with Crippen molar-refractivity contribution in [3.05, 3.63) is 21.4 Å². The first-order chi connectivity index (χ1) is 8.52. The minimum atomic E-state index is -0.804. The molecule has 1 aliphatic heterocycles. The summed E-state index contributed by atoms with van der Waals surface area (Å²) in [7, 11) is 0. The van der Waals surface area contributed by atoms with Gasteiger partial charge < -0.3 is 10.0 Å². The van der Waals surface area contributed by atoms with Crippen molar-refractivity contribution < 1.29 is 14.7 Å². The smallest absolute Gasteiger partial charge is 0.308 e. The Labute approximate surface area is 122 Å². The zero-order valence-electron chi connectivity index (χ0n) is 11.0. The molecule has 1 unspecified atom stereocenters. The molecule has 0 radical (unpaired) electrons. The first kappa shape index (κ1) is 16.0. The van der Waals surface area contributed by atoms with Crippen molar-refractivity contribution in [3.8, 4) is 0 Å². The minimum absolute atomic E-state index is 0. The van der Waals surface area contributed by atoms with Gasteiger partial charge in [-0.15, -0.1) is 23.7 Å². The number of aryl methyl sites for hydroxylation is 2. The Morgan fingerprint density at radius 1 is 1.53 bits per heavy atom. The van der Waals surface area contributed by atoms with E-state index in [1.54, 1.807) is 4.90 Å². The van der Waals surface area contributed by atoms with Gasteiger partial charge in [-0.1, -0.05) is 6.92 Å². The van der Waals surface area contributed by atoms with Gasteiger partial charge in [0.1, 0.15) is 0 Å². The van der Waals surface area contributed by atoms with Crippen LogP contribution in [0.3, 0.4) is 0 Å². The molecule has 2 heterocycles. The van der Waals surface area contributed by atoms with E-state index in [0.29, 0.717) is 19.5 Å². The molecule has 0 saturated carbocycles. The van der Waals surface area contributed by atoms with Crippen molar-refractivity contribution >= 4 is 35.6 Å². The van der Waals surface area contributed by atoms with Crippen LogP contribution in [0.15, 0.2) is 6.07 Å². The molecule has 1 fully saturated rings. The number of amides is 1. The van der Waals surface area contributed by atoms with E-state index in [-0.39, 0.29) is 18.3 Å². The topological polar surface area (TPSA) is 57.6 Å². The Morgan fingerprint density at radius 3 is 2.68 bits per heavy atom. The molecule has 6 heteroatoms. The third kappa shape index (κ3) is 3.28. The molecule has 4 nitrogen and oxygen atoms in total. The lowest BCUT2D eigenvalue weighted by atomic mass is 10.1. The van der Waals surface area contributed by atoms with Crippen LogP contribution in [0.2, 0.25) is 0 Å². The van der Waals surface area contributed by atoms with E-state index in [2.05, 4.69) is 6.92 Å². The molecule has 2 rings (SSSR count). The molecule has 1 aromatic heterocycles. The summed E-state index contributed by atoms with van der Waals surface area (Å²) < 4.78 is 0. The molecule has 0 bridgehead atoms. The quantitative estimate of drug-likeness (QED) is 0.933. The largest absolute Gasteiger partial charge is 0.481 e. The van der Waals surface area contributed by atoms with Gasteiger partial charge in [-0.25, -0.2) is 0 Å². The van der Waals surface area contributed by atoms with Gasteiger partial charge in [-0.3, -0.25) is 9.59 Å². The third-order valence-corrected chi connectivity index (χ3v) is 4.75. The zero-order valence-corrected chi connectivity index (χ0v) is 12.6. The van der Waals surface area contributed by atoms with Crippen LogP contribution in [0.5, 0.6) is 0 Å². The maximum atomic E-state index is 12.2. The number of carboxylic acid groups (broad SMARTS) is 1. The van der Waals surface area contributed by atoms with E-state index < -0.39 is 11.9 Å². The van der Waals surface area contributed by atoms with Crippen LogP contribution in [-0.2, 0) is 11.2 Å². The highest BCUT2D eigenvalue weighted by Crippen LogP contribution is 2.26. The number of halogens is 1. The van der Waals surface area contributed by atoms with Crippen LogP contribution < -0.4 is 0 Å². The second-order valence-corrected chi connectivity index (χ2v) is 5.78. The van der Waals surface area contributed by atoms with Crippen molar-refractivity contribution in [2.75, 3.05) is 13.1 Å². The van der Waals surface area contributed by atoms with Gasteiger partial charge in [0.2, 0.25) is 0 Å². The summed E-state index contributed by atoms with van der Waals surface area (Å²) in [6.07, 6.45) is 1.49. The van der Waals surface area contributed by atoms with Crippen molar-refractivity contribution in [2.45, 2.75) is 26.7 Å². The number of carbonyl (C=O) groups excluding carboxylic acids is 1. The summed E-state index contributed by atoms with van der Waals surface area (Å²) in [5, 5.41) is 8.93. The summed E-state index contributed by atoms with van der Waals surface area (Å²) in [5.74, 6) is -1.23. The summed E-state index contributed by atoms with van der Waals surface area (Å²) in [5.41, 5.74) is 1.15. The van der Waals surface area contributed by atoms with E-state index in [1.165, 1.54) is 16.2 Å². The maximum absolute atomic E-state index is 12.2. The van der Waals surface area contributed by atoms with Gasteiger partial charge in [-0.2, -0.15) is 0 Å². The highest BCUT2D eigenvalue weighted by molar-refractivity contribution is 7.14. The molecule has 19 heavy (non-hydrogen) atoms. The van der Waals surface area contributed by atoms with Crippen molar-refractivity contribution in [1.82, 2.24) is 4.90 Å². The Balaban J connectivity index is 0.00000180. The average molecular weight is 304 g/mol. The minimum Gasteiger partial charge on any atom is -0.481 e. The highest BCUT2D eigenvalue weighted by Gasteiger charge is 2.31. The summed E-state index contributed by atoms with van der Waals surface area (Å²) >= 11 is 1.53. The molecule has 1 amide bonds. The number of aliphatic carboxylic acids is 1. The van der Waals surface area contributed by atoms with Crippen molar-refractivity contribution in [3.63, 3.8) is 0 Å². The van der Waals surface area contributed by atoms with Crippen LogP contribution in [0.4, 0.5) is 0 Å². The number of carbonyl (C=O) groups is 2. The van der Waals surface area contributed by atoms with Crippen LogP contribution in [0, 0.1) is 12.8 Å². The van der Waals surface area contributed by atoms with E-state index in [0.717, 1.165) is 16.9 Å². The zero-order chi connectivity index (χ0) is 13.3. The molecule has 0 aromatic carbocycles. The molecule has 0 spiro atoms. The summed E-state index contributed by atoms with van der Waals surface area (Å²) in [4.78, 5) is 26.7. The monoisotopic (exact) mass is 303 g/mol. The van der Waals surface area contributed by atoms with Gasteiger partial charge in [0.25, 0.3) is 5.91 Å². The van der Waals surface area contributed by atoms with E-state index in [1.807, 2.05) is 13.0 Å². The lowest BCUT2D eigenvalue weighted by Crippen LogP contribution is -2.29. The van der Waals surface area contributed by atoms with Crippen molar-refractivity contribution in [2.24, 2.45) is 5.92 Å². The molecule has 106 valence electrons. The predicted molar refractivity (Wildman–Crippen MR) is 77.3 cm³/mol. The number of nitrogens with zero attached hydrogens (tertiary/aromatic N) is 1. The van der Waals surface area contributed by atoms with Crippen molar-refractivity contribution in [1.29, 1.82) is 0 Å². The standard InChI is InChI=1S/C13H17NO3S.ClH/c1-3-10-8(2)6-11(18-10)12(15)14-5-4-9(7-14)13(16)17;/h6,9H,3-5,7H2,1-2H3,(H,16,17);1H. The van der Waals surface area contributed by atoms with Gasteiger partial charge in [0, 0.05) is 18.0 Å². The molecular formula is C13H18ClNO3S. The van der Waals surface area contributed by atoms with Crippen LogP contribution in [0.1, 0.15) is 33.5 Å². The number of carboxylic acids is 1. The number of hydrogen-bond acceptors (Lipinski definition) is 3. The van der Waals surface area contributed by atoms with Gasteiger partial charge >= 0.3 is 5.97 Å². The predicted octanol–water partition coefficient (Wildman–Crippen LogP) is 2.59. The van der Waals surface area contributed by atoms with E-state index in [4.69, 9.17) is 5.11 Å². The van der Waals surface area contributed by atoms with E-state index >= 15 is 0 Å². The van der Waals surface area contributed by atoms with Crippen LogP contribution >= 0.6 is 23.7 Å². The fourth-order valence-electron chi connectivity index (χ4n) is 2.28. The first-order valence-electron chi connectivity index (χ1n) is 6.14.